The third kappa shape index (κ3) is 6.23. The molecule has 0 spiro atoms. The van der Waals surface area contributed by atoms with E-state index in [9.17, 15) is 9.18 Å². The Morgan fingerprint density at radius 3 is 2.66 bits per heavy atom. The molecule has 1 aromatic carbocycles. The van der Waals surface area contributed by atoms with E-state index in [0.717, 1.165) is 12.8 Å². The van der Waals surface area contributed by atoms with Gasteiger partial charge in [0.05, 0.1) is 18.9 Å². The minimum absolute atomic E-state index is 0.0700. The lowest BCUT2D eigenvalue weighted by Crippen LogP contribution is -2.45. The van der Waals surface area contributed by atoms with Gasteiger partial charge in [-0.05, 0) is 45.7 Å². The van der Waals surface area contributed by atoms with Crippen LogP contribution >= 0.6 is 0 Å². The molecule has 1 aliphatic rings. The number of methoxy groups -OCH3 is 1. The third-order valence-electron chi connectivity index (χ3n) is 4.70. The fourth-order valence-corrected chi connectivity index (χ4v) is 3.10. The molecule has 0 saturated heterocycles. The molecule has 9 heteroatoms. The van der Waals surface area contributed by atoms with E-state index in [2.05, 4.69) is 37.8 Å². The molecule has 0 radical (unpaired) electrons. The molecular weight excluding hydrogens is 413 g/mol. The van der Waals surface area contributed by atoms with Crippen LogP contribution in [0.15, 0.2) is 24.4 Å². The van der Waals surface area contributed by atoms with E-state index in [4.69, 9.17) is 9.47 Å². The lowest BCUT2D eigenvalue weighted by molar-refractivity contribution is 0.0467. The van der Waals surface area contributed by atoms with E-state index in [-0.39, 0.29) is 17.7 Å². The average molecular weight is 442 g/mol. The summed E-state index contributed by atoms with van der Waals surface area (Å²) in [5.74, 6) is 7.06. The molecule has 0 aliphatic heterocycles. The number of anilines is 3. The van der Waals surface area contributed by atoms with Crippen molar-refractivity contribution < 1.29 is 18.7 Å². The summed E-state index contributed by atoms with van der Waals surface area (Å²) in [6, 6.07) is 4.59. The second-order valence-electron chi connectivity index (χ2n) is 8.46. The van der Waals surface area contributed by atoms with Crippen molar-refractivity contribution in [2.75, 3.05) is 24.8 Å². The highest BCUT2D eigenvalue weighted by atomic mass is 19.1. The number of ether oxygens (including phenoxy) is 2. The minimum atomic E-state index is -0.515. The number of carbonyl (C=O) groups is 1. The number of hydrogen-bond acceptors (Lipinski definition) is 7. The SMILES string of the molecule is CNc1nc(Nc2ccc(OC)c(F)c2)ncc1C#C[C@H]1C[C@@H](NC(=O)OC(C)(C)C)C1. The van der Waals surface area contributed by atoms with Crippen LogP contribution in [0.1, 0.15) is 39.2 Å². The molecule has 1 heterocycles. The Morgan fingerprint density at radius 1 is 1.28 bits per heavy atom. The normalized spacial score (nSPS) is 17.3. The number of carbonyl (C=O) groups excluding carboxylic acids is 1. The first kappa shape index (κ1) is 23.1. The van der Waals surface area contributed by atoms with Crippen LogP contribution in [0.4, 0.5) is 26.6 Å². The van der Waals surface area contributed by atoms with E-state index in [0.29, 0.717) is 23.0 Å². The highest BCUT2D eigenvalue weighted by Crippen LogP contribution is 2.27. The van der Waals surface area contributed by atoms with Gasteiger partial charge in [-0.2, -0.15) is 4.98 Å². The number of nitrogens with one attached hydrogen (secondary N) is 3. The summed E-state index contributed by atoms with van der Waals surface area (Å²) >= 11 is 0. The number of nitrogens with zero attached hydrogens (tertiary/aromatic N) is 2. The fraction of sp³-hybridized carbons (Fsp3) is 0.435. The highest BCUT2D eigenvalue weighted by Gasteiger charge is 2.30. The van der Waals surface area contributed by atoms with Crippen LogP contribution in [0, 0.1) is 23.6 Å². The summed E-state index contributed by atoms with van der Waals surface area (Å²) in [6.07, 6.45) is 2.75. The van der Waals surface area contributed by atoms with Crippen molar-refractivity contribution in [1.82, 2.24) is 15.3 Å². The highest BCUT2D eigenvalue weighted by molar-refractivity contribution is 5.68. The van der Waals surface area contributed by atoms with Gasteiger partial charge in [-0.15, -0.1) is 0 Å². The summed E-state index contributed by atoms with van der Waals surface area (Å²) in [6.45, 7) is 5.50. The smallest absolute Gasteiger partial charge is 0.407 e. The summed E-state index contributed by atoms with van der Waals surface area (Å²) in [7, 11) is 3.16. The van der Waals surface area contributed by atoms with Crippen molar-refractivity contribution in [2.45, 2.75) is 45.3 Å². The van der Waals surface area contributed by atoms with Crippen molar-refractivity contribution >= 4 is 23.5 Å². The second kappa shape index (κ2) is 9.73. The molecule has 0 unspecified atom stereocenters. The number of rotatable bonds is 5. The van der Waals surface area contributed by atoms with Gasteiger partial charge in [0.2, 0.25) is 5.95 Å². The molecule has 1 aliphatic carbocycles. The molecular formula is C23H28FN5O3. The Kier molecular flexibility index (Phi) is 7.03. The minimum Gasteiger partial charge on any atom is -0.494 e. The van der Waals surface area contributed by atoms with Crippen LogP contribution in [0.5, 0.6) is 5.75 Å². The number of aromatic nitrogens is 2. The Balaban J connectivity index is 1.58. The first-order valence-corrected chi connectivity index (χ1v) is 10.3. The van der Waals surface area contributed by atoms with Gasteiger partial charge in [-0.3, -0.25) is 0 Å². The lowest BCUT2D eigenvalue weighted by atomic mass is 9.81. The predicted octanol–water partition coefficient (Wildman–Crippen LogP) is 4.06. The Morgan fingerprint density at radius 2 is 2.03 bits per heavy atom. The maximum atomic E-state index is 13.9. The van der Waals surface area contributed by atoms with Gasteiger partial charge in [0.15, 0.2) is 11.6 Å². The molecule has 3 rings (SSSR count). The molecule has 2 aromatic rings. The van der Waals surface area contributed by atoms with E-state index in [1.165, 1.54) is 19.2 Å². The molecule has 1 saturated carbocycles. The summed E-state index contributed by atoms with van der Waals surface area (Å²) < 4.78 is 24.1. The van der Waals surface area contributed by atoms with E-state index in [1.54, 1.807) is 19.3 Å². The topological polar surface area (TPSA) is 97.4 Å². The van der Waals surface area contributed by atoms with Crippen LogP contribution in [0.25, 0.3) is 0 Å². The summed E-state index contributed by atoms with van der Waals surface area (Å²) in [4.78, 5) is 20.5. The van der Waals surface area contributed by atoms with Gasteiger partial charge < -0.3 is 25.4 Å². The molecule has 32 heavy (non-hydrogen) atoms. The maximum absolute atomic E-state index is 13.9. The zero-order valence-corrected chi connectivity index (χ0v) is 18.9. The Labute approximate surface area is 187 Å². The zero-order valence-electron chi connectivity index (χ0n) is 18.9. The number of halogens is 1. The van der Waals surface area contributed by atoms with Gasteiger partial charge in [-0.25, -0.2) is 14.2 Å². The van der Waals surface area contributed by atoms with Gasteiger partial charge in [-0.1, -0.05) is 11.8 Å². The lowest BCUT2D eigenvalue weighted by Gasteiger charge is -2.33. The largest absolute Gasteiger partial charge is 0.494 e. The van der Waals surface area contributed by atoms with E-state index >= 15 is 0 Å². The van der Waals surface area contributed by atoms with Gasteiger partial charge >= 0.3 is 6.09 Å². The van der Waals surface area contributed by atoms with Gasteiger partial charge in [0, 0.05) is 30.8 Å². The third-order valence-corrected chi connectivity index (χ3v) is 4.70. The number of alkyl carbamates (subject to hydrolysis) is 1. The predicted molar refractivity (Wildman–Crippen MR) is 121 cm³/mol. The van der Waals surface area contributed by atoms with Crippen LogP contribution in [0.3, 0.4) is 0 Å². The molecule has 3 N–H and O–H groups in total. The van der Waals surface area contributed by atoms with Gasteiger partial charge in [0.25, 0.3) is 0 Å². The van der Waals surface area contributed by atoms with Crippen molar-refractivity contribution in [3.05, 3.63) is 35.8 Å². The Hall–Kier alpha value is -3.54. The molecule has 0 atom stereocenters. The number of benzene rings is 1. The van der Waals surface area contributed by atoms with E-state index in [1.807, 2.05) is 20.8 Å². The average Bonchev–Trinajstić information content (AvgIpc) is 2.69. The number of hydrogen-bond donors (Lipinski definition) is 3. The standard InChI is InChI=1S/C23H28FN5O3/c1-23(2,3)32-22(30)28-17-10-14(11-17)6-7-15-13-26-21(29-20(15)25-4)27-16-8-9-19(31-5)18(24)12-16/h8-9,12-14,17H,10-11H2,1-5H3,(H,28,30)(H2,25,26,27,29)/t14-,17+. The molecule has 1 fully saturated rings. The van der Waals surface area contributed by atoms with Gasteiger partial charge in [0.1, 0.15) is 11.4 Å². The van der Waals surface area contributed by atoms with E-state index < -0.39 is 17.5 Å². The van der Waals surface area contributed by atoms with Crippen LogP contribution in [-0.2, 0) is 4.74 Å². The van der Waals surface area contributed by atoms with Crippen molar-refractivity contribution in [3.8, 4) is 17.6 Å². The molecule has 170 valence electrons. The molecule has 8 nitrogen and oxygen atoms in total. The maximum Gasteiger partial charge on any atom is 0.407 e. The quantitative estimate of drug-likeness (QED) is 0.602. The number of amides is 1. The van der Waals surface area contributed by atoms with Crippen molar-refractivity contribution in [3.63, 3.8) is 0 Å². The van der Waals surface area contributed by atoms with Crippen molar-refractivity contribution in [2.24, 2.45) is 5.92 Å². The van der Waals surface area contributed by atoms with Crippen LogP contribution in [0.2, 0.25) is 0 Å². The summed E-state index contributed by atoms with van der Waals surface area (Å²) in [5.41, 5.74) is 0.642. The van der Waals surface area contributed by atoms with Crippen LogP contribution < -0.4 is 20.7 Å². The van der Waals surface area contributed by atoms with Crippen LogP contribution in [-0.4, -0.2) is 41.9 Å². The Bertz CT molecular complexity index is 1040. The first-order valence-electron chi connectivity index (χ1n) is 10.3. The molecule has 1 amide bonds. The summed E-state index contributed by atoms with van der Waals surface area (Å²) in [5, 5.41) is 8.83. The monoisotopic (exact) mass is 441 g/mol. The van der Waals surface area contributed by atoms with Crippen molar-refractivity contribution in [1.29, 1.82) is 0 Å². The molecule has 0 bridgehead atoms. The fourth-order valence-electron chi connectivity index (χ4n) is 3.10. The zero-order chi connectivity index (χ0) is 23.3. The molecule has 1 aromatic heterocycles. The second-order valence-corrected chi connectivity index (χ2v) is 8.46. The first-order chi connectivity index (χ1) is 15.2.